The molecule has 13 nitrogen and oxygen atoms in total. The van der Waals surface area contributed by atoms with Gasteiger partial charge in [0.2, 0.25) is 11.8 Å². The van der Waals surface area contributed by atoms with Crippen LogP contribution in [0.1, 0.15) is 42.9 Å². The summed E-state index contributed by atoms with van der Waals surface area (Å²) in [6.45, 7) is 2.31. The van der Waals surface area contributed by atoms with Crippen LogP contribution in [0.4, 0.5) is 24.7 Å². The summed E-state index contributed by atoms with van der Waals surface area (Å²) in [5, 5.41) is 35.4. The zero-order chi connectivity index (χ0) is 30.3. The van der Waals surface area contributed by atoms with Crippen LogP contribution in [0.3, 0.4) is 0 Å². The Morgan fingerprint density at radius 1 is 1.07 bits per heavy atom. The molecule has 0 aliphatic rings. The Balaban J connectivity index is 0.00000101. The minimum absolute atomic E-state index is 0.210. The minimum Gasteiger partial charge on any atom is -0.481 e. The van der Waals surface area contributed by atoms with Crippen molar-refractivity contribution in [2.24, 2.45) is 0 Å². The second-order valence-electron chi connectivity index (χ2n) is 8.25. The number of rotatable bonds is 13. The highest BCUT2D eigenvalue weighted by Gasteiger charge is 2.38. The number of nitro benzene ring substituents is 1. The van der Waals surface area contributed by atoms with Crippen molar-refractivity contribution in [3.8, 4) is 0 Å². The van der Waals surface area contributed by atoms with Gasteiger partial charge in [-0.25, -0.2) is 9.78 Å². The Morgan fingerprint density at radius 2 is 1.75 bits per heavy atom. The summed E-state index contributed by atoms with van der Waals surface area (Å²) in [6.07, 6.45) is -2.23. The molecule has 2 amide bonds. The molecule has 2 aromatic rings. The lowest BCUT2D eigenvalue weighted by atomic mass is 10.0. The van der Waals surface area contributed by atoms with Crippen LogP contribution in [-0.2, 0) is 19.2 Å². The maximum Gasteiger partial charge on any atom is 0.490 e. The molecule has 0 fully saturated rings. The molecule has 1 unspecified atom stereocenters. The topological polar surface area (TPSA) is 201 Å². The molecule has 1 heterocycles. The van der Waals surface area contributed by atoms with Crippen LogP contribution < -0.4 is 16.0 Å². The lowest BCUT2D eigenvalue weighted by Gasteiger charge is -2.17. The van der Waals surface area contributed by atoms with Gasteiger partial charge in [0.05, 0.1) is 23.9 Å². The predicted octanol–water partition coefficient (Wildman–Crippen LogP) is 2.96. The number of carboxylic acids is 2. The van der Waals surface area contributed by atoms with Gasteiger partial charge in [-0.05, 0) is 43.0 Å². The molecule has 1 aromatic heterocycles. The van der Waals surface area contributed by atoms with E-state index in [1.807, 2.05) is 19.1 Å². The Morgan fingerprint density at radius 3 is 2.33 bits per heavy atom. The molecule has 218 valence electrons. The van der Waals surface area contributed by atoms with E-state index in [1.54, 1.807) is 6.20 Å². The number of carboxylic acid groups (broad SMARTS) is 2. The number of aliphatic carboxylic acids is 2. The first-order valence-electron chi connectivity index (χ1n) is 11.7. The number of hydrogen-bond acceptors (Lipinski definition) is 8. The van der Waals surface area contributed by atoms with E-state index in [0.717, 1.165) is 17.8 Å². The van der Waals surface area contributed by atoms with Crippen molar-refractivity contribution in [2.45, 2.75) is 44.8 Å². The number of carbonyl (C=O) groups excluding carboxylic acids is 2. The van der Waals surface area contributed by atoms with Gasteiger partial charge in [0.1, 0.15) is 5.82 Å². The number of nitrogens with one attached hydrogen (secondary N) is 3. The first kappa shape index (κ1) is 33.3. The zero-order valence-electron chi connectivity index (χ0n) is 21.2. The largest absolute Gasteiger partial charge is 0.490 e. The monoisotopic (exact) mass is 571 g/mol. The fourth-order valence-corrected chi connectivity index (χ4v) is 3.05. The predicted molar refractivity (Wildman–Crippen MR) is 134 cm³/mol. The zero-order valence-corrected chi connectivity index (χ0v) is 21.2. The second-order valence-corrected chi connectivity index (χ2v) is 8.25. The SMILES string of the molecule is Cc1ccnc(NCCCCC(=O)NCC(=O)NC(CC(=O)O)c2cccc([N+](=O)[O-])c2)c1.O=C(O)C(F)(F)F. The average molecular weight is 572 g/mol. The Hall–Kier alpha value is -4.76. The van der Waals surface area contributed by atoms with Crippen molar-refractivity contribution < 1.29 is 47.5 Å². The molecule has 1 atom stereocenters. The first-order valence-corrected chi connectivity index (χ1v) is 11.7. The number of unbranched alkanes of at least 4 members (excludes halogenated alkanes) is 1. The van der Waals surface area contributed by atoms with E-state index in [-0.39, 0.29) is 24.6 Å². The van der Waals surface area contributed by atoms with Crippen molar-refractivity contribution in [2.75, 3.05) is 18.4 Å². The number of aromatic nitrogens is 1. The number of pyridine rings is 1. The standard InChI is InChI=1S/C22H27N5O6.C2HF3O2/c1-15-8-10-24-19(11-15)23-9-3-2-7-20(28)25-14-21(29)26-18(13-22(30)31)16-5-4-6-17(12-16)27(32)33;3-2(4,5)1(6)7/h4-6,8,10-12,18H,2-3,7,9,13-14H2,1H3,(H,23,24)(H,25,28)(H,26,29)(H,30,31);(H,6,7). The number of nitro groups is 1. The molecule has 1 aromatic carbocycles. The Kier molecular flexibility index (Phi) is 13.5. The van der Waals surface area contributed by atoms with E-state index in [0.29, 0.717) is 18.5 Å². The number of amides is 2. The fraction of sp³-hybridized carbons (Fsp3) is 0.375. The van der Waals surface area contributed by atoms with Gasteiger partial charge in [0.25, 0.3) is 5.69 Å². The van der Waals surface area contributed by atoms with Crippen LogP contribution in [0.5, 0.6) is 0 Å². The van der Waals surface area contributed by atoms with E-state index in [4.69, 9.17) is 15.0 Å². The molecule has 0 saturated heterocycles. The number of aryl methyl sites for hydroxylation is 1. The van der Waals surface area contributed by atoms with Crippen LogP contribution in [0.25, 0.3) is 0 Å². The third kappa shape index (κ3) is 13.7. The van der Waals surface area contributed by atoms with E-state index >= 15 is 0 Å². The molecular formula is C24H28F3N5O8. The summed E-state index contributed by atoms with van der Waals surface area (Å²) >= 11 is 0. The van der Waals surface area contributed by atoms with Gasteiger partial charge in [0, 0.05) is 31.3 Å². The summed E-state index contributed by atoms with van der Waals surface area (Å²) in [6, 6.07) is 8.27. The molecule has 0 radical (unpaired) electrons. The highest BCUT2D eigenvalue weighted by molar-refractivity contribution is 5.85. The van der Waals surface area contributed by atoms with Gasteiger partial charge >= 0.3 is 18.1 Å². The summed E-state index contributed by atoms with van der Waals surface area (Å²) in [7, 11) is 0. The highest BCUT2D eigenvalue weighted by Crippen LogP contribution is 2.22. The third-order valence-electron chi connectivity index (χ3n) is 4.94. The molecule has 0 aliphatic carbocycles. The van der Waals surface area contributed by atoms with Gasteiger partial charge < -0.3 is 26.2 Å². The quantitative estimate of drug-likeness (QED) is 0.135. The average Bonchev–Trinajstić information content (AvgIpc) is 2.86. The number of nitrogens with zero attached hydrogens (tertiary/aromatic N) is 2. The number of non-ortho nitro benzene ring substituents is 1. The van der Waals surface area contributed by atoms with Crippen molar-refractivity contribution in [1.29, 1.82) is 0 Å². The highest BCUT2D eigenvalue weighted by atomic mass is 19.4. The van der Waals surface area contributed by atoms with Crippen LogP contribution in [0, 0.1) is 17.0 Å². The third-order valence-corrected chi connectivity index (χ3v) is 4.94. The maximum absolute atomic E-state index is 12.2. The minimum atomic E-state index is -5.08. The molecule has 40 heavy (non-hydrogen) atoms. The number of hydrogen-bond donors (Lipinski definition) is 5. The number of halogens is 3. The van der Waals surface area contributed by atoms with E-state index in [9.17, 15) is 37.7 Å². The van der Waals surface area contributed by atoms with Gasteiger partial charge in [-0.3, -0.25) is 24.5 Å². The van der Waals surface area contributed by atoms with Gasteiger partial charge in [-0.2, -0.15) is 13.2 Å². The van der Waals surface area contributed by atoms with E-state index in [2.05, 4.69) is 20.9 Å². The summed E-state index contributed by atoms with van der Waals surface area (Å²) < 4.78 is 31.7. The lowest BCUT2D eigenvalue weighted by molar-refractivity contribution is -0.384. The van der Waals surface area contributed by atoms with Crippen molar-refractivity contribution in [3.63, 3.8) is 0 Å². The summed E-state index contributed by atoms with van der Waals surface area (Å²) in [4.78, 5) is 58.8. The molecule has 0 bridgehead atoms. The van der Waals surface area contributed by atoms with Crippen LogP contribution in [0.2, 0.25) is 0 Å². The normalized spacial score (nSPS) is 11.3. The molecule has 0 spiro atoms. The Labute approximate surface area is 225 Å². The summed E-state index contributed by atoms with van der Waals surface area (Å²) in [5.41, 5.74) is 1.18. The number of anilines is 1. The lowest BCUT2D eigenvalue weighted by Crippen LogP contribution is -2.39. The van der Waals surface area contributed by atoms with Crippen LogP contribution >= 0.6 is 0 Å². The van der Waals surface area contributed by atoms with Crippen molar-refractivity contribution in [1.82, 2.24) is 15.6 Å². The molecule has 5 N–H and O–H groups in total. The maximum atomic E-state index is 12.2. The molecular weight excluding hydrogens is 543 g/mol. The van der Waals surface area contributed by atoms with E-state index in [1.165, 1.54) is 24.3 Å². The Bertz CT molecular complexity index is 1190. The van der Waals surface area contributed by atoms with Crippen LogP contribution in [0.15, 0.2) is 42.6 Å². The smallest absolute Gasteiger partial charge is 0.481 e. The summed E-state index contributed by atoms with van der Waals surface area (Å²) in [5.74, 6) is -4.05. The first-order chi connectivity index (χ1) is 18.7. The number of benzene rings is 1. The fourth-order valence-electron chi connectivity index (χ4n) is 3.05. The molecule has 0 saturated carbocycles. The van der Waals surface area contributed by atoms with Gasteiger partial charge in [-0.15, -0.1) is 0 Å². The van der Waals surface area contributed by atoms with Crippen molar-refractivity contribution >= 4 is 35.3 Å². The molecule has 0 aliphatic heterocycles. The van der Waals surface area contributed by atoms with Crippen molar-refractivity contribution in [3.05, 3.63) is 63.8 Å². The molecule has 2 rings (SSSR count). The number of alkyl halides is 3. The van der Waals surface area contributed by atoms with Crippen LogP contribution in [-0.4, -0.2) is 63.1 Å². The van der Waals surface area contributed by atoms with Gasteiger partial charge in [0.15, 0.2) is 0 Å². The number of carbonyl (C=O) groups is 4. The van der Waals surface area contributed by atoms with E-state index < -0.39 is 41.4 Å². The molecule has 16 heteroatoms. The second kappa shape index (κ2) is 16.3. The van der Waals surface area contributed by atoms with Gasteiger partial charge in [-0.1, -0.05) is 12.1 Å².